The Morgan fingerprint density at radius 2 is 2.47 bits per heavy atom. The lowest BCUT2D eigenvalue weighted by molar-refractivity contribution is 0.308. The van der Waals surface area contributed by atoms with E-state index in [2.05, 4.69) is 34.7 Å². The summed E-state index contributed by atoms with van der Waals surface area (Å²) in [7, 11) is 0. The highest BCUT2D eigenvalue weighted by molar-refractivity contribution is 7.80. The number of nitrogens with two attached hydrogens (primary N) is 1. The zero-order chi connectivity index (χ0) is 12.5. The fraction of sp³-hybridized carbons (Fsp3) is 0.364. The normalized spacial score (nSPS) is 10.4. The van der Waals surface area contributed by atoms with Gasteiger partial charge in [-0.2, -0.15) is 5.10 Å². The number of nitrogens with zero attached hydrogens (tertiary/aromatic N) is 2. The molecule has 0 bridgehead atoms. The third-order valence-corrected chi connectivity index (χ3v) is 1.99. The molecule has 17 heavy (non-hydrogen) atoms. The largest absolute Gasteiger partial charge is 0.492 e. The first-order valence-corrected chi connectivity index (χ1v) is 5.80. The molecule has 92 valence electrons. The lowest BCUT2D eigenvalue weighted by Crippen LogP contribution is -2.24. The third kappa shape index (κ3) is 5.82. The van der Waals surface area contributed by atoms with Gasteiger partial charge >= 0.3 is 0 Å². The zero-order valence-electron chi connectivity index (χ0n) is 9.72. The van der Waals surface area contributed by atoms with Crippen molar-refractivity contribution in [2.24, 2.45) is 10.8 Å². The van der Waals surface area contributed by atoms with Crippen LogP contribution in [0.15, 0.2) is 23.4 Å². The maximum atomic E-state index is 5.48. The number of pyridine rings is 1. The predicted molar refractivity (Wildman–Crippen MR) is 72.2 cm³/mol. The molecule has 0 spiro atoms. The number of unbranched alkanes of at least 4 members (excludes halogenated alkanes) is 1. The van der Waals surface area contributed by atoms with Crippen LogP contribution in [0.2, 0.25) is 0 Å². The Morgan fingerprint density at radius 3 is 3.06 bits per heavy atom. The molecular formula is C11H16N4OS. The molecule has 0 aliphatic carbocycles. The van der Waals surface area contributed by atoms with Gasteiger partial charge in [-0.3, -0.25) is 10.4 Å². The number of thiocarbonyl (C=S) groups is 1. The van der Waals surface area contributed by atoms with E-state index >= 15 is 0 Å². The maximum absolute atomic E-state index is 5.48. The standard InChI is InChI=1S/C11H16N4OS/c1-2-3-6-16-10-5-4-9(13-8-10)7-14-15-11(12)17/h4-5,7-8H,2-3,6H2,1H3,(H3,12,15,17)/b14-7+. The number of rotatable bonds is 6. The van der Waals surface area contributed by atoms with Gasteiger partial charge in [0.05, 0.1) is 24.7 Å². The Kier molecular flexibility index (Phi) is 5.95. The highest BCUT2D eigenvalue weighted by atomic mass is 32.1. The van der Waals surface area contributed by atoms with Crippen LogP contribution < -0.4 is 15.9 Å². The van der Waals surface area contributed by atoms with Gasteiger partial charge in [0.1, 0.15) is 5.75 Å². The Hall–Kier alpha value is -1.69. The SMILES string of the molecule is CCCCOc1ccc(/C=N/NC(N)=S)nc1. The summed E-state index contributed by atoms with van der Waals surface area (Å²) in [4.78, 5) is 4.16. The second-order valence-corrected chi connectivity index (χ2v) is 3.79. The fourth-order valence-electron chi connectivity index (χ4n) is 1.05. The van der Waals surface area contributed by atoms with Crippen molar-refractivity contribution >= 4 is 23.5 Å². The van der Waals surface area contributed by atoms with Gasteiger partial charge in [-0.1, -0.05) is 13.3 Å². The van der Waals surface area contributed by atoms with Crippen molar-refractivity contribution < 1.29 is 4.74 Å². The fourth-order valence-corrected chi connectivity index (χ4v) is 1.10. The zero-order valence-corrected chi connectivity index (χ0v) is 10.5. The molecule has 1 aromatic rings. The highest BCUT2D eigenvalue weighted by Gasteiger charge is 1.94. The van der Waals surface area contributed by atoms with Gasteiger partial charge in [-0.25, -0.2) is 0 Å². The van der Waals surface area contributed by atoms with Gasteiger partial charge in [0.15, 0.2) is 5.11 Å². The predicted octanol–water partition coefficient (Wildman–Crippen LogP) is 1.43. The lowest BCUT2D eigenvalue weighted by Gasteiger charge is -2.04. The Balaban J connectivity index is 2.44. The van der Waals surface area contributed by atoms with E-state index in [9.17, 15) is 0 Å². The van der Waals surface area contributed by atoms with E-state index in [0.717, 1.165) is 18.6 Å². The van der Waals surface area contributed by atoms with Gasteiger partial charge in [0, 0.05) is 0 Å². The quantitative estimate of drug-likeness (QED) is 0.347. The number of hydrogen-bond acceptors (Lipinski definition) is 4. The first-order valence-electron chi connectivity index (χ1n) is 5.39. The molecule has 5 nitrogen and oxygen atoms in total. The van der Waals surface area contributed by atoms with Crippen molar-refractivity contribution in [3.63, 3.8) is 0 Å². The number of aromatic nitrogens is 1. The molecule has 1 aromatic heterocycles. The van der Waals surface area contributed by atoms with Crippen LogP contribution in [0.25, 0.3) is 0 Å². The summed E-state index contributed by atoms with van der Waals surface area (Å²) in [6.07, 6.45) is 5.36. The molecule has 1 heterocycles. The Morgan fingerprint density at radius 1 is 1.65 bits per heavy atom. The second-order valence-electron chi connectivity index (χ2n) is 3.36. The molecule has 0 aromatic carbocycles. The average Bonchev–Trinajstić information content (AvgIpc) is 2.31. The number of hydrogen-bond donors (Lipinski definition) is 2. The first-order chi connectivity index (χ1) is 8.22. The summed E-state index contributed by atoms with van der Waals surface area (Å²) >= 11 is 4.60. The first kappa shape index (κ1) is 13.4. The summed E-state index contributed by atoms with van der Waals surface area (Å²) < 4.78 is 5.48. The van der Waals surface area contributed by atoms with E-state index in [1.54, 1.807) is 6.20 Å². The summed E-state index contributed by atoms with van der Waals surface area (Å²) in [5.74, 6) is 0.762. The summed E-state index contributed by atoms with van der Waals surface area (Å²) in [5.41, 5.74) is 8.38. The van der Waals surface area contributed by atoms with Crippen LogP contribution in [0, 0.1) is 0 Å². The minimum Gasteiger partial charge on any atom is -0.492 e. The van der Waals surface area contributed by atoms with Crippen LogP contribution in [0.4, 0.5) is 0 Å². The van der Waals surface area contributed by atoms with E-state index < -0.39 is 0 Å². The van der Waals surface area contributed by atoms with Crippen molar-refractivity contribution in [3.05, 3.63) is 24.0 Å². The van der Waals surface area contributed by atoms with Crippen LogP contribution >= 0.6 is 12.2 Å². The summed E-state index contributed by atoms with van der Waals surface area (Å²) in [6, 6.07) is 3.66. The molecule has 0 radical (unpaired) electrons. The van der Waals surface area contributed by atoms with Gasteiger partial charge in [0.2, 0.25) is 0 Å². The topological polar surface area (TPSA) is 72.5 Å². The van der Waals surface area contributed by atoms with E-state index in [1.807, 2.05) is 12.1 Å². The van der Waals surface area contributed by atoms with Crippen molar-refractivity contribution in [1.82, 2.24) is 10.4 Å². The number of hydrazone groups is 1. The average molecular weight is 252 g/mol. The van der Waals surface area contributed by atoms with Crippen LogP contribution in [-0.2, 0) is 0 Å². The Labute approximate surface area is 106 Å². The van der Waals surface area contributed by atoms with E-state index in [0.29, 0.717) is 12.3 Å². The molecule has 0 fully saturated rings. The smallest absolute Gasteiger partial charge is 0.184 e. The molecule has 0 saturated carbocycles. The molecule has 1 rings (SSSR count). The van der Waals surface area contributed by atoms with E-state index in [1.165, 1.54) is 6.21 Å². The minimum atomic E-state index is 0.126. The van der Waals surface area contributed by atoms with Gasteiger partial charge in [-0.15, -0.1) is 0 Å². The lowest BCUT2D eigenvalue weighted by atomic mass is 10.3. The number of nitrogens with one attached hydrogen (secondary N) is 1. The molecular weight excluding hydrogens is 236 g/mol. The van der Waals surface area contributed by atoms with Crippen LogP contribution in [0.3, 0.4) is 0 Å². The van der Waals surface area contributed by atoms with Gasteiger partial charge in [-0.05, 0) is 30.8 Å². The molecule has 6 heteroatoms. The van der Waals surface area contributed by atoms with Crippen LogP contribution in [-0.4, -0.2) is 22.9 Å². The summed E-state index contributed by atoms with van der Waals surface area (Å²) in [6.45, 7) is 2.84. The molecule has 0 atom stereocenters. The minimum absolute atomic E-state index is 0.126. The second kappa shape index (κ2) is 7.56. The van der Waals surface area contributed by atoms with E-state index in [-0.39, 0.29) is 5.11 Å². The van der Waals surface area contributed by atoms with Gasteiger partial charge in [0.25, 0.3) is 0 Å². The van der Waals surface area contributed by atoms with Crippen molar-refractivity contribution in [2.45, 2.75) is 19.8 Å². The van der Waals surface area contributed by atoms with Crippen LogP contribution in [0.1, 0.15) is 25.5 Å². The molecule has 0 saturated heterocycles. The van der Waals surface area contributed by atoms with Crippen molar-refractivity contribution in [1.29, 1.82) is 0 Å². The van der Waals surface area contributed by atoms with Crippen molar-refractivity contribution in [2.75, 3.05) is 6.61 Å². The molecule has 0 aliphatic rings. The van der Waals surface area contributed by atoms with Gasteiger partial charge < -0.3 is 10.5 Å². The highest BCUT2D eigenvalue weighted by Crippen LogP contribution is 2.08. The maximum Gasteiger partial charge on any atom is 0.184 e. The third-order valence-electron chi connectivity index (χ3n) is 1.90. The summed E-state index contributed by atoms with van der Waals surface area (Å²) in [5, 5.41) is 3.93. The molecule has 0 amide bonds. The van der Waals surface area contributed by atoms with Crippen molar-refractivity contribution in [3.8, 4) is 5.75 Å². The Bertz CT molecular complexity index is 378. The molecule has 0 unspecified atom stereocenters. The molecule has 0 aliphatic heterocycles. The van der Waals surface area contributed by atoms with Crippen LogP contribution in [0.5, 0.6) is 5.75 Å². The number of ether oxygens (including phenoxy) is 1. The molecule has 3 N–H and O–H groups in total. The van der Waals surface area contributed by atoms with E-state index in [4.69, 9.17) is 10.5 Å². The monoisotopic (exact) mass is 252 g/mol.